The van der Waals surface area contributed by atoms with Crippen LogP contribution >= 0.6 is 0 Å². The van der Waals surface area contributed by atoms with E-state index in [1.807, 2.05) is 6.07 Å². The Hall–Kier alpha value is -1.57. The van der Waals surface area contributed by atoms with Gasteiger partial charge in [0.05, 0.1) is 17.7 Å². The van der Waals surface area contributed by atoms with E-state index < -0.39 is 12.1 Å². The van der Waals surface area contributed by atoms with Crippen LogP contribution in [0, 0.1) is 11.3 Å². The smallest absolute Gasteiger partial charge is 0.138 e. The molecule has 0 aliphatic carbocycles. The summed E-state index contributed by atoms with van der Waals surface area (Å²) in [6.07, 6.45) is -0.769. The first kappa shape index (κ1) is 10.5. The second kappa shape index (κ2) is 4.09. The fourth-order valence-corrected chi connectivity index (χ4v) is 1.18. The van der Waals surface area contributed by atoms with Crippen LogP contribution in [-0.4, -0.2) is 16.3 Å². The molecule has 74 valence electrons. The minimum Gasteiger partial charge on any atom is -0.506 e. The number of nitriles is 1. The van der Waals surface area contributed by atoms with Crippen molar-refractivity contribution >= 4 is 0 Å². The monoisotopic (exact) mass is 192 g/mol. The normalized spacial score (nSPS) is 14.4. The van der Waals surface area contributed by atoms with Gasteiger partial charge in [-0.3, -0.25) is 0 Å². The number of aliphatic hydroxyl groups excluding tert-OH is 1. The number of aromatic hydroxyl groups is 1. The Kier molecular flexibility index (Phi) is 3.07. The Morgan fingerprint density at radius 2 is 2.14 bits per heavy atom. The van der Waals surface area contributed by atoms with Gasteiger partial charge in [0.25, 0.3) is 0 Å². The van der Waals surface area contributed by atoms with E-state index in [1.165, 1.54) is 13.0 Å². The van der Waals surface area contributed by atoms with Crippen LogP contribution in [0.4, 0.5) is 0 Å². The second-order valence-electron chi connectivity index (χ2n) is 3.12. The van der Waals surface area contributed by atoms with E-state index in [9.17, 15) is 10.2 Å². The van der Waals surface area contributed by atoms with Gasteiger partial charge in [0.1, 0.15) is 11.8 Å². The number of hydrogen-bond acceptors (Lipinski definition) is 4. The first-order chi connectivity index (χ1) is 6.57. The average Bonchev–Trinajstić information content (AvgIpc) is 2.17. The van der Waals surface area contributed by atoms with Crippen molar-refractivity contribution in [1.82, 2.24) is 0 Å². The van der Waals surface area contributed by atoms with Gasteiger partial charge in [0.2, 0.25) is 0 Å². The van der Waals surface area contributed by atoms with Crippen molar-refractivity contribution in [2.24, 2.45) is 5.73 Å². The van der Waals surface area contributed by atoms with Gasteiger partial charge in [-0.2, -0.15) is 5.26 Å². The summed E-state index contributed by atoms with van der Waals surface area (Å²) in [5.41, 5.74) is 6.20. The molecule has 0 amide bonds. The van der Waals surface area contributed by atoms with E-state index >= 15 is 0 Å². The third-order valence-electron chi connectivity index (χ3n) is 2.07. The average molecular weight is 192 g/mol. The van der Waals surface area contributed by atoms with Crippen molar-refractivity contribution in [1.29, 1.82) is 5.26 Å². The molecule has 1 aromatic rings. The second-order valence-corrected chi connectivity index (χ2v) is 3.12. The molecule has 0 aliphatic rings. The molecule has 1 aromatic carbocycles. The molecule has 2 atom stereocenters. The molecule has 0 radical (unpaired) electrons. The van der Waals surface area contributed by atoms with Gasteiger partial charge >= 0.3 is 0 Å². The third kappa shape index (κ3) is 1.84. The maximum atomic E-state index is 9.59. The van der Waals surface area contributed by atoms with Crippen LogP contribution in [0.15, 0.2) is 18.2 Å². The van der Waals surface area contributed by atoms with Crippen LogP contribution in [-0.2, 0) is 0 Å². The number of nitrogens with zero attached hydrogens (tertiary/aromatic N) is 1. The molecule has 1 unspecified atom stereocenters. The number of benzene rings is 1. The van der Waals surface area contributed by atoms with Gasteiger partial charge in [-0.05, 0) is 13.0 Å². The van der Waals surface area contributed by atoms with E-state index in [2.05, 4.69) is 0 Å². The molecule has 0 saturated carbocycles. The van der Waals surface area contributed by atoms with E-state index in [-0.39, 0.29) is 11.3 Å². The Balaban J connectivity index is 3.17. The number of hydrogen-bond donors (Lipinski definition) is 3. The van der Waals surface area contributed by atoms with E-state index in [0.717, 1.165) is 0 Å². The number of para-hydroxylation sites is 1. The van der Waals surface area contributed by atoms with Gasteiger partial charge in [0.15, 0.2) is 0 Å². The topological polar surface area (TPSA) is 90.3 Å². The van der Waals surface area contributed by atoms with Gasteiger partial charge in [-0.25, -0.2) is 0 Å². The highest BCUT2D eigenvalue weighted by Gasteiger charge is 2.17. The van der Waals surface area contributed by atoms with E-state index in [1.54, 1.807) is 12.1 Å². The molecule has 0 spiro atoms. The van der Waals surface area contributed by atoms with Crippen molar-refractivity contribution in [2.75, 3.05) is 0 Å². The van der Waals surface area contributed by atoms with Crippen molar-refractivity contribution in [3.05, 3.63) is 29.3 Å². The maximum absolute atomic E-state index is 9.59. The third-order valence-corrected chi connectivity index (χ3v) is 2.07. The zero-order valence-corrected chi connectivity index (χ0v) is 7.81. The highest BCUT2D eigenvalue weighted by molar-refractivity contribution is 5.48. The summed E-state index contributed by atoms with van der Waals surface area (Å²) < 4.78 is 0. The SMILES string of the molecule is CC(O)[C@@H](N)c1cccc(C#N)c1O. The highest BCUT2D eigenvalue weighted by Crippen LogP contribution is 2.27. The molecule has 4 heteroatoms. The summed E-state index contributed by atoms with van der Waals surface area (Å²) in [6, 6.07) is 5.87. The Morgan fingerprint density at radius 3 is 2.64 bits per heavy atom. The molecular formula is C10H12N2O2. The van der Waals surface area contributed by atoms with Crippen molar-refractivity contribution < 1.29 is 10.2 Å². The van der Waals surface area contributed by atoms with Crippen molar-refractivity contribution in [2.45, 2.75) is 19.1 Å². The maximum Gasteiger partial charge on any atom is 0.138 e. The lowest BCUT2D eigenvalue weighted by molar-refractivity contribution is 0.163. The molecule has 4 N–H and O–H groups in total. The summed E-state index contributed by atoms with van der Waals surface area (Å²) in [5, 5.41) is 27.5. The van der Waals surface area contributed by atoms with E-state index in [0.29, 0.717) is 5.56 Å². The number of nitrogens with two attached hydrogens (primary N) is 1. The Bertz CT molecular complexity index is 369. The Morgan fingerprint density at radius 1 is 1.50 bits per heavy atom. The van der Waals surface area contributed by atoms with E-state index in [4.69, 9.17) is 11.0 Å². The standard InChI is InChI=1S/C10H12N2O2/c1-6(13)9(12)8-4-2-3-7(5-11)10(8)14/h2-4,6,9,13-14H,12H2,1H3/t6?,9-/m1/s1. The van der Waals surface area contributed by atoms with Crippen LogP contribution in [0.1, 0.15) is 24.1 Å². The minimum atomic E-state index is -0.769. The van der Waals surface area contributed by atoms with Crippen LogP contribution < -0.4 is 5.73 Å². The molecule has 0 aromatic heterocycles. The largest absolute Gasteiger partial charge is 0.506 e. The highest BCUT2D eigenvalue weighted by atomic mass is 16.3. The van der Waals surface area contributed by atoms with Crippen LogP contribution in [0.3, 0.4) is 0 Å². The summed E-state index contributed by atoms with van der Waals surface area (Å²) in [7, 11) is 0. The van der Waals surface area contributed by atoms with Crippen LogP contribution in [0.5, 0.6) is 5.75 Å². The summed E-state index contributed by atoms with van der Waals surface area (Å²) >= 11 is 0. The van der Waals surface area contributed by atoms with Crippen LogP contribution in [0.2, 0.25) is 0 Å². The van der Waals surface area contributed by atoms with Gasteiger partial charge < -0.3 is 15.9 Å². The fraction of sp³-hybridized carbons (Fsp3) is 0.300. The zero-order valence-electron chi connectivity index (χ0n) is 7.81. The summed E-state index contributed by atoms with van der Waals surface area (Å²) in [6.45, 7) is 1.53. The lowest BCUT2D eigenvalue weighted by Gasteiger charge is -2.16. The molecule has 0 fully saturated rings. The molecule has 0 heterocycles. The number of phenolic OH excluding ortho intramolecular Hbond substituents is 1. The van der Waals surface area contributed by atoms with Gasteiger partial charge in [-0.1, -0.05) is 12.1 Å². The first-order valence-electron chi connectivity index (χ1n) is 4.23. The van der Waals surface area contributed by atoms with Gasteiger partial charge in [-0.15, -0.1) is 0 Å². The van der Waals surface area contributed by atoms with Gasteiger partial charge in [0, 0.05) is 5.56 Å². The molecule has 0 aliphatic heterocycles. The summed E-state index contributed by atoms with van der Waals surface area (Å²) in [4.78, 5) is 0. The number of phenols is 1. The predicted molar refractivity (Wildman–Crippen MR) is 51.4 cm³/mol. The number of rotatable bonds is 2. The van der Waals surface area contributed by atoms with Crippen molar-refractivity contribution in [3.8, 4) is 11.8 Å². The zero-order chi connectivity index (χ0) is 10.7. The molecule has 14 heavy (non-hydrogen) atoms. The quantitative estimate of drug-likeness (QED) is 0.641. The lowest BCUT2D eigenvalue weighted by atomic mass is 10.00. The molecular weight excluding hydrogens is 180 g/mol. The number of aliphatic hydroxyl groups is 1. The molecule has 1 rings (SSSR count). The first-order valence-corrected chi connectivity index (χ1v) is 4.23. The Labute approximate surface area is 82.2 Å². The molecule has 0 saturated heterocycles. The lowest BCUT2D eigenvalue weighted by Crippen LogP contribution is -2.23. The fourth-order valence-electron chi connectivity index (χ4n) is 1.18. The molecule has 0 bridgehead atoms. The van der Waals surface area contributed by atoms with Crippen LogP contribution in [0.25, 0.3) is 0 Å². The summed E-state index contributed by atoms with van der Waals surface area (Å²) in [5.74, 6) is -0.150. The minimum absolute atomic E-state index is 0.150. The molecule has 4 nitrogen and oxygen atoms in total. The predicted octanol–water partition coefficient (Wildman–Crippen LogP) is 0.644. The van der Waals surface area contributed by atoms with Crippen molar-refractivity contribution in [3.63, 3.8) is 0 Å².